The first-order valence-electron chi connectivity index (χ1n) is 9.67. The Labute approximate surface area is 176 Å². The lowest BCUT2D eigenvalue weighted by molar-refractivity contribution is -0.170. The number of hydrogen-bond acceptors (Lipinski definition) is 4. The molecule has 0 bridgehead atoms. The molecule has 0 saturated heterocycles. The van der Waals surface area contributed by atoms with E-state index in [9.17, 15) is 9.59 Å². The number of amides is 1. The summed E-state index contributed by atoms with van der Waals surface area (Å²) in [6, 6.07) is 9.73. The highest BCUT2D eigenvalue weighted by atomic mass is 28.4. The van der Waals surface area contributed by atoms with Crippen molar-refractivity contribution in [2.24, 2.45) is 0 Å². The van der Waals surface area contributed by atoms with Crippen LogP contribution in [0.3, 0.4) is 0 Å². The third-order valence-corrected chi connectivity index (χ3v) is 9.53. The average Bonchev–Trinajstić information content (AvgIpc) is 2.60. The molecule has 0 fully saturated rings. The van der Waals surface area contributed by atoms with E-state index in [0.717, 1.165) is 10.6 Å². The molecule has 1 rings (SSSR count). The van der Waals surface area contributed by atoms with Crippen molar-refractivity contribution in [2.75, 3.05) is 14.2 Å². The van der Waals surface area contributed by atoms with Crippen LogP contribution in [0.1, 0.15) is 52.1 Å². The molecule has 0 aliphatic heterocycles. The lowest BCUT2D eigenvalue weighted by Crippen LogP contribution is -2.45. The second-order valence-corrected chi connectivity index (χ2v) is 13.3. The van der Waals surface area contributed by atoms with Gasteiger partial charge in [-0.25, -0.2) is 5.06 Å². The third-order valence-electron chi connectivity index (χ3n) is 5.00. The fourth-order valence-electron chi connectivity index (χ4n) is 2.11. The molecule has 8 heteroatoms. The minimum absolute atomic E-state index is 0.00313. The summed E-state index contributed by atoms with van der Waals surface area (Å²) in [5, 5.41) is 10.0. The normalized spacial score (nSPS) is 13.7. The highest BCUT2D eigenvalue weighted by Gasteiger charge is 2.40. The first kappa shape index (κ1) is 27.3. The van der Waals surface area contributed by atoms with Gasteiger partial charge in [-0.2, -0.15) is 0 Å². The number of benzene rings is 1. The molecule has 29 heavy (non-hydrogen) atoms. The maximum absolute atomic E-state index is 11.8. The number of nitrogens with one attached hydrogen (secondary N) is 1. The van der Waals surface area contributed by atoms with Crippen LogP contribution in [-0.4, -0.2) is 50.6 Å². The molecule has 0 heterocycles. The molecule has 0 spiro atoms. The molecule has 1 amide bonds. The van der Waals surface area contributed by atoms with Crippen molar-refractivity contribution in [1.29, 1.82) is 0 Å². The van der Waals surface area contributed by atoms with E-state index in [0.29, 0.717) is 0 Å². The Morgan fingerprint density at radius 3 is 2.03 bits per heavy atom. The van der Waals surface area contributed by atoms with Gasteiger partial charge in [0.15, 0.2) is 8.32 Å². The van der Waals surface area contributed by atoms with Crippen LogP contribution < -0.4 is 0 Å². The molecule has 0 aliphatic carbocycles. The summed E-state index contributed by atoms with van der Waals surface area (Å²) < 4.78 is 6.03. The molecule has 1 aromatic rings. The van der Waals surface area contributed by atoms with Gasteiger partial charge in [-0.05, 0) is 18.1 Å². The third kappa shape index (κ3) is 10.6. The van der Waals surface area contributed by atoms with Crippen molar-refractivity contribution in [1.82, 2.24) is 5.06 Å². The van der Waals surface area contributed by atoms with Gasteiger partial charge in [0.25, 0.3) is 0 Å². The summed E-state index contributed by atoms with van der Waals surface area (Å²) >= 11 is 0. The van der Waals surface area contributed by atoms with E-state index >= 15 is 0 Å². The quantitative estimate of drug-likeness (QED) is 0.463. The van der Waals surface area contributed by atoms with Gasteiger partial charge in [-0.15, -0.1) is 6.04 Å². The topological polar surface area (TPSA) is 99.9 Å². The molecule has 2 atom stereocenters. The number of carboxylic acids is 1. The Balaban J connectivity index is 0.000000717. The summed E-state index contributed by atoms with van der Waals surface area (Å²) in [6.45, 7) is 12.1. The van der Waals surface area contributed by atoms with Crippen LogP contribution in [0.2, 0.25) is 18.1 Å². The highest BCUT2D eigenvalue weighted by molar-refractivity contribution is 6.74. The van der Waals surface area contributed by atoms with Gasteiger partial charge in [-0.3, -0.25) is 14.4 Å². The summed E-state index contributed by atoms with van der Waals surface area (Å²) in [7, 11) is 0.759. The zero-order valence-electron chi connectivity index (χ0n) is 19.0. The largest absolute Gasteiger partial charge is 0.671 e. The lowest BCUT2D eigenvalue weighted by Gasteiger charge is -2.39. The monoisotopic (exact) mass is 425 g/mol. The summed E-state index contributed by atoms with van der Waals surface area (Å²) in [5.41, 5.74) is 8.40. The van der Waals surface area contributed by atoms with Crippen molar-refractivity contribution in [2.45, 2.75) is 70.8 Å². The summed E-state index contributed by atoms with van der Waals surface area (Å²) in [5.74, 6) is -1.26. The SMILES string of the molecule is CON(C)C(=O)C[C@@H](CC(=O)O)O[Si](C)(C)C(C)(C)C.C[C@H]([NH-])c1ccccc1. The number of nitrogens with zero attached hydrogens (tertiary/aromatic N) is 1. The van der Waals surface area contributed by atoms with Crippen molar-refractivity contribution in [3.63, 3.8) is 0 Å². The molecule has 0 radical (unpaired) electrons. The van der Waals surface area contributed by atoms with Gasteiger partial charge < -0.3 is 15.3 Å². The number of rotatable bonds is 8. The van der Waals surface area contributed by atoms with Gasteiger partial charge >= 0.3 is 5.97 Å². The van der Waals surface area contributed by atoms with Crippen molar-refractivity contribution < 1.29 is 24.0 Å². The van der Waals surface area contributed by atoms with Gasteiger partial charge in [0.2, 0.25) is 5.91 Å². The van der Waals surface area contributed by atoms with Crippen LogP contribution in [0.15, 0.2) is 30.3 Å². The Morgan fingerprint density at radius 2 is 1.69 bits per heavy atom. The predicted octanol–water partition coefficient (Wildman–Crippen LogP) is 5.06. The number of carboxylic acid groups (broad SMARTS) is 1. The van der Waals surface area contributed by atoms with Gasteiger partial charge in [-0.1, -0.05) is 63.6 Å². The van der Waals surface area contributed by atoms with E-state index in [-0.39, 0.29) is 29.8 Å². The molecule has 0 aliphatic rings. The van der Waals surface area contributed by atoms with Crippen LogP contribution in [-0.2, 0) is 18.9 Å². The zero-order valence-corrected chi connectivity index (χ0v) is 20.0. The van der Waals surface area contributed by atoms with Gasteiger partial charge in [0.1, 0.15) is 0 Å². The fourth-order valence-corrected chi connectivity index (χ4v) is 3.46. The Kier molecular flexibility index (Phi) is 11.3. The second kappa shape index (κ2) is 12.1. The Morgan fingerprint density at radius 1 is 1.17 bits per heavy atom. The molecular formula is C21H37N2O5Si-. The summed E-state index contributed by atoms with van der Waals surface area (Å²) in [6.07, 6.45) is -0.808. The number of carbonyl (C=O) groups excluding carboxylic acids is 1. The molecule has 0 aromatic heterocycles. The standard InChI is InChI=1S/C13H27NO5Si.C8H10N/c1-13(2,3)20(6,7)19-10(9-12(16)17)8-11(15)14(4)18-5;1-7(9)8-5-3-2-4-6-8/h10H,8-9H2,1-7H3,(H,16,17);2-7,9H,1H3/q;-1/t10-;7-/m00/s1. The molecule has 166 valence electrons. The van der Waals surface area contributed by atoms with Gasteiger partial charge in [0, 0.05) is 7.05 Å². The predicted molar refractivity (Wildman–Crippen MR) is 118 cm³/mol. The lowest BCUT2D eigenvalue weighted by atomic mass is 10.1. The number of aliphatic carboxylic acids is 1. The van der Waals surface area contributed by atoms with E-state index in [1.54, 1.807) is 0 Å². The number of hydrogen-bond donors (Lipinski definition) is 1. The fraction of sp³-hybridized carbons (Fsp3) is 0.619. The van der Waals surface area contributed by atoms with E-state index in [1.807, 2.05) is 50.3 Å². The Hall–Kier alpha value is -1.74. The number of hydroxylamine groups is 2. The first-order valence-corrected chi connectivity index (χ1v) is 12.6. The first-order chi connectivity index (χ1) is 13.2. The second-order valence-electron chi connectivity index (χ2n) is 8.51. The zero-order chi connectivity index (χ0) is 22.8. The van der Waals surface area contributed by atoms with E-state index < -0.39 is 20.4 Å². The number of carbonyl (C=O) groups is 2. The average molecular weight is 426 g/mol. The molecule has 1 aromatic carbocycles. The van der Waals surface area contributed by atoms with Crippen LogP contribution in [0.25, 0.3) is 5.73 Å². The maximum atomic E-state index is 11.8. The van der Waals surface area contributed by atoms with Crippen molar-refractivity contribution in [3.8, 4) is 0 Å². The van der Waals surface area contributed by atoms with Crippen LogP contribution >= 0.6 is 0 Å². The Bertz CT molecular complexity index is 630. The smallest absolute Gasteiger partial charge is 0.305 e. The van der Waals surface area contributed by atoms with Crippen LogP contribution in [0.5, 0.6) is 0 Å². The van der Waals surface area contributed by atoms with Crippen LogP contribution in [0.4, 0.5) is 0 Å². The molecule has 0 saturated carbocycles. The maximum Gasteiger partial charge on any atom is 0.305 e. The summed E-state index contributed by atoms with van der Waals surface area (Å²) in [4.78, 5) is 27.6. The van der Waals surface area contributed by atoms with Gasteiger partial charge in [0.05, 0.1) is 26.1 Å². The van der Waals surface area contributed by atoms with Crippen molar-refractivity contribution >= 4 is 20.2 Å². The van der Waals surface area contributed by atoms with Crippen LogP contribution in [0, 0.1) is 0 Å². The molecule has 7 nitrogen and oxygen atoms in total. The minimum atomic E-state index is -2.12. The minimum Gasteiger partial charge on any atom is -0.671 e. The van der Waals surface area contributed by atoms with Crippen molar-refractivity contribution in [3.05, 3.63) is 41.6 Å². The molecule has 0 unspecified atom stereocenters. The van der Waals surface area contributed by atoms with E-state index in [2.05, 4.69) is 20.8 Å². The highest BCUT2D eigenvalue weighted by Crippen LogP contribution is 2.38. The molecule has 2 N–H and O–H groups in total. The van der Waals surface area contributed by atoms with E-state index in [1.165, 1.54) is 14.2 Å². The molecular weight excluding hydrogens is 388 g/mol. The van der Waals surface area contributed by atoms with E-state index in [4.69, 9.17) is 20.1 Å².